The van der Waals surface area contributed by atoms with Crippen molar-refractivity contribution in [2.24, 2.45) is 0 Å². The first kappa shape index (κ1) is 15.0. The van der Waals surface area contributed by atoms with Crippen LogP contribution in [0, 0.1) is 6.92 Å². The minimum absolute atomic E-state index is 0.0515. The summed E-state index contributed by atoms with van der Waals surface area (Å²) in [6.45, 7) is -0.972. The van der Waals surface area contributed by atoms with Crippen LogP contribution in [-0.4, -0.2) is 17.5 Å². The topological polar surface area (TPSA) is 54.1 Å². The van der Waals surface area contributed by atoms with Crippen LogP contribution in [0.1, 0.15) is 16.1 Å². The van der Waals surface area contributed by atoms with Crippen LogP contribution in [0.15, 0.2) is 48.5 Å². The normalized spacial score (nSPS) is 11.0. The van der Waals surface area contributed by atoms with Gasteiger partial charge in [-0.25, -0.2) is 0 Å². The number of benzene rings is 2. The molecule has 2 N–H and O–H groups in total. The molecule has 0 unspecified atom stereocenters. The quantitative estimate of drug-likeness (QED) is 0.752. The lowest BCUT2D eigenvalue weighted by atomic mass is 10.2. The second-order valence-electron chi connectivity index (χ2n) is 5.11. The second-order valence-corrected chi connectivity index (χ2v) is 5.11. The van der Waals surface area contributed by atoms with Crippen LogP contribution in [0.3, 0.4) is 0 Å². The van der Waals surface area contributed by atoms with Crippen molar-refractivity contribution in [3.8, 4) is 5.75 Å². The minimum Gasteiger partial charge on any atom is -0.435 e. The van der Waals surface area contributed by atoms with Gasteiger partial charge in [-0.15, -0.1) is 0 Å². The number of hydrogen-bond acceptors (Lipinski definition) is 2. The molecule has 23 heavy (non-hydrogen) atoms. The number of aromatic nitrogens is 1. The van der Waals surface area contributed by atoms with Crippen LogP contribution in [0.2, 0.25) is 0 Å². The van der Waals surface area contributed by atoms with Gasteiger partial charge in [0.15, 0.2) is 0 Å². The lowest BCUT2D eigenvalue weighted by Gasteiger charge is -2.08. The van der Waals surface area contributed by atoms with E-state index < -0.39 is 12.5 Å². The fraction of sp³-hybridized carbons (Fsp3) is 0.118. The molecule has 0 fully saturated rings. The molecular formula is C17H14F2N2O2. The summed E-state index contributed by atoms with van der Waals surface area (Å²) in [5.74, 6) is -0.444. The van der Waals surface area contributed by atoms with Crippen LogP contribution in [0.4, 0.5) is 14.5 Å². The second kappa shape index (κ2) is 6.08. The Morgan fingerprint density at radius 2 is 2.00 bits per heavy atom. The number of ether oxygens (including phenoxy) is 1. The van der Waals surface area contributed by atoms with Gasteiger partial charge in [0, 0.05) is 27.8 Å². The summed E-state index contributed by atoms with van der Waals surface area (Å²) in [5, 5.41) is 3.73. The first-order chi connectivity index (χ1) is 11.0. The van der Waals surface area contributed by atoms with Crippen molar-refractivity contribution < 1.29 is 18.3 Å². The third kappa shape index (κ3) is 3.48. The number of aryl methyl sites for hydroxylation is 1. The molecule has 1 aromatic heterocycles. The minimum atomic E-state index is -2.92. The zero-order valence-electron chi connectivity index (χ0n) is 12.3. The number of carbonyl (C=O) groups excluding carboxylic acids is 1. The average molecular weight is 316 g/mol. The Balaban J connectivity index is 1.79. The van der Waals surface area contributed by atoms with E-state index in [4.69, 9.17) is 0 Å². The van der Waals surface area contributed by atoms with Gasteiger partial charge < -0.3 is 15.0 Å². The van der Waals surface area contributed by atoms with Gasteiger partial charge in [-0.1, -0.05) is 6.07 Å². The van der Waals surface area contributed by atoms with Crippen molar-refractivity contribution >= 4 is 22.5 Å². The molecule has 0 aliphatic carbocycles. The predicted octanol–water partition coefficient (Wildman–Crippen LogP) is 4.33. The molecule has 0 aliphatic rings. The molecule has 0 aliphatic heterocycles. The van der Waals surface area contributed by atoms with Crippen molar-refractivity contribution in [1.29, 1.82) is 0 Å². The highest BCUT2D eigenvalue weighted by Crippen LogP contribution is 2.21. The van der Waals surface area contributed by atoms with E-state index in [-0.39, 0.29) is 11.3 Å². The molecule has 2 aromatic carbocycles. The number of H-pyrrole nitrogens is 1. The Kier molecular flexibility index (Phi) is 3.97. The Hall–Kier alpha value is -2.89. The average Bonchev–Trinajstić information content (AvgIpc) is 2.86. The number of alkyl halides is 2. The highest BCUT2D eigenvalue weighted by atomic mass is 19.3. The van der Waals surface area contributed by atoms with Crippen LogP contribution in [-0.2, 0) is 0 Å². The van der Waals surface area contributed by atoms with E-state index >= 15 is 0 Å². The summed E-state index contributed by atoms with van der Waals surface area (Å²) in [7, 11) is 0. The van der Waals surface area contributed by atoms with Gasteiger partial charge in [0.1, 0.15) is 5.75 Å². The molecule has 4 nitrogen and oxygen atoms in total. The van der Waals surface area contributed by atoms with Crippen LogP contribution >= 0.6 is 0 Å². The maximum absolute atomic E-state index is 12.2. The number of carbonyl (C=O) groups is 1. The SMILES string of the molecule is Cc1cc2cc(NC(=O)c3cccc(OC(F)F)c3)ccc2[nH]1. The van der Waals surface area contributed by atoms with E-state index in [0.29, 0.717) is 5.69 Å². The van der Waals surface area contributed by atoms with Gasteiger partial charge in [-0.2, -0.15) is 8.78 Å². The van der Waals surface area contributed by atoms with Crippen molar-refractivity contribution in [2.45, 2.75) is 13.5 Å². The summed E-state index contributed by atoms with van der Waals surface area (Å²) in [4.78, 5) is 15.4. The zero-order valence-corrected chi connectivity index (χ0v) is 12.3. The third-order valence-electron chi connectivity index (χ3n) is 3.33. The standard InChI is InChI=1S/C17H14F2N2O2/c1-10-7-12-8-13(5-6-15(12)20-10)21-16(22)11-3-2-4-14(9-11)23-17(18)19/h2-9,17,20H,1H3,(H,21,22). The van der Waals surface area contributed by atoms with Crippen molar-refractivity contribution in [1.82, 2.24) is 4.98 Å². The molecule has 0 spiro atoms. The molecule has 0 radical (unpaired) electrons. The Morgan fingerprint density at radius 1 is 1.17 bits per heavy atom. The van der Waals surface area contributed by atoms with E-state index in [1.165, 1.54) is 24.3 Å². The van der Waals surface area contributed by atoms with E-state index in [2.05, 4.69) is 15.0 Å². The maximum Gasteiger partial charge on any atom is 0.387 e. The van der Waals surface area contributed by atoms with Crippen LogP contribution in [0.25, 0.3) is 10.9 Å². The molecule has 118 valence electrons. The summed E-state index contributed by atoms with van der Waals surface area (Å²) < 4.78 is 28.7. The lowest BCUT2D eigenvalue weighted by Crippen LogP contribution is -2.12. The Labute approximate surface area is 131 Å². The highest BCUT2D eigenvalue weighted by Gasteiger charge is 2.10. The molecule has 1 amide bonds. The van der Waals surface area contributed by atoms with E-state index in [1.807, 2.05) is 25.1 Å². The number of amides is 1. The Morgan fingerprint density at radius 3 is 2.78 bits per heavy atom. The van der Waals surface area contributed by atoms with E-state index in [1.54, 1.807) is 6.07 Å². The number of anilines is 1. The number of nitrogens with one attached hydrogen (secondary N) is 2. The van der Waals surface area contributed by atoms with Gasteiger partial charge in [0.05, 0.1) is 0 Å². The lowest BCUT2D eigenvalue weighted by molar-refractivity contribution is -0.0498. The van der Waals surface area contributed by atoms with Crippen LogP contribution in [0.5, 0.6) is 5.75 Å². The van der Waals surface area contributed by atoms with Gasteiger partial charge in [-0.3, -0.25) is 4.79 Å². The summed E-state index contributed by atoms with van der Waals surface area (Å²) in [6.07, 6.45) is 0. The molecule has 6 heteroatoms. The first-order valence-corrected chi connectivity index (χ1v) is 6.97. The molecule has 3 aromatic rings. The van der Waals surface area contributed by atoms with Gasteiger partial charge in [0.25, 0.3) is 5.91 Å². The van der Waals surface area contributed by atoms with Gasteiger partial charge in [0.2, 0.25) is 0 Å². The summed E-state index contributed by atoms with van der Waals surface area (Å²) in [5.41, 5.74) is 2.88. The third-order valence-corrected chi connectivity index (χ3v) is 3.33. The number of rotatable bonds is 4. The molecule has 1 heterocycles. The van der Waals surface area contributed by atoms with Crippen molar-refractivity contribution in [3.05, 3.63) is 59.8 Å². The predicted molar refractivity (Wildman–Crippen MR) is 84.1 cm³/mol. The van der Waals surface area contributed by atoms with Crippen molar-refractivity contribution in [2.75, 3.05) is 5.32 Å². The molecule has 0 bridgehead atoms. The largest absolute Gasteiger partial charge is 0.435 e. The van der Waals surface area contributed by atoms with Crippen LogP contribution < -0.4 is 10.1 Å². The molecule has 3 rings (SSSR count). The number of aromatic amines is 1. The maximum atomic E-state index is 12.2. The fourth-order valence-electron chi connectivity index (χ4n) is 2.37. The molecule has 0 saturated carbocycles. The number of hydrogen-bond donors (Lipinski definition) is 2. The number of halogens is 2. The summed E-state index contributed by atoms with van der Waals surface area (Å²) >= 11 is 0. The summed E-state index contributed by atoms with van der Waals surface area (Å²) in [6, 6.07) is 13.1. The van der Waals surface area contributed by atoms with Gasteiger partial charge in [-0.05, 0) is 49.4 Å². The molecular weight excluding hydrogens is 302 g/mol. The highest BCUT2D eigenvalue weighted by molar-refractivity contribution is 6.05. The van der Waals surface area contributed by atoms with Crippen molar-refractivity contribution in [3.63, 3.8) is 0 Å². The first-order valence-electron chi connectivity index (χ1n) is 6.97. The molecule has 0 saturated heterocycles. The monoisotopic (exact) mass is 316 g/mol. The van der Waals surface area contributed by atoms with E-state index in [0.717, 1.165) is 16.6 Å². The van der Waals surface area contributed by atoms with Gasteiger partial charge >= 0.3 is 6.61 Å². The van der Waals surface area contributed by atoms with E-state index in [9.17, 15) is 13.6 Å². The smallest absolute Gasteiger partial charge is 0.387 e. The number of fused-ring (bicyclic) bond motifs is 1. The molecule has 0 atom stereocenters. The zero-order chi connectivity index (χ0) is 16.4. The fourth-order valence-corrected chi connectivity index (χ4v) is 2.37. The Bertz CT molecular complexity index is 859.